The normalized spacial score (nSPS) is 12.9. The molecule has 1 aromatic heterocycles. The Morgan fingerprint density at radius 1 is 1.20 bits per heavy atom. The first-order valence-electron chi connectivity index (χ1n) is 5.50. The topological polar surface area (TPSA) is 12.9 Å². The minimum absolute atomic E-state index is 1.00. The molecular weight excluding hydrogens is 200 g/mol. The predicted molar refractivity (Wildman–Crippen MR) is 68.3 cm³/mol. The van der Waals surface area contributed by atoms with Crippen LogP contribution in [0.1, 0.15) is 5.69 Å². The fourth-order valence-corrected chi connectivity index (χ4v) is 4.95. The van der Waals surface area contributed by atoms with Crippen molar-refractivity contribution in [3.05, 3.63) is 30.1 Å². The van der Waals surface area contributed by atoms with E-state index in [1.165, 1.54) is 11.9 Å². The number of quaternary nitrogens is 1. The molecular formula is C12H23N2Si+. The van der Waals surface area contributed by atoms with Crippen LogP contribution in [0.3, 0.4) is 0 Å². The molecule has 0 fully saturated rings. The second-order valence-electron chi connectivity index (χ2n) is 6.13. The largest absolute Gasteiger partial charge is 0.327 e. The Morgan fingerprint density at radius 2 is 1.87 bits per heavy atom. The highest BCUT2D eigenvalue weighted by molar-refractivity contribution is 6.75. The smallest absolute Gasteiger partial charge is 0.121 e. The third-order valence-corrected chi connectivity index (χ3v) is 4.02. The van der Waals surface area contributed by atoms with Gasteiger partial charge in [0.2, 0.25) is 0 Å². The molecule has 1 rings (SSSR count). The lowest BCUT2D eigenvalue weighted by Gasteiger charge is -2.34. The molecule has 1 aromatic rings. The second kappa shape index (κ2) is 4.45. The molecule has 0 atom stereocenters. The van der Waals surface area contributed by atoms with Crippen LogP contribution in [-0.2, 0) is 6.54 Å². The lowest BCUT2D eigenvalue weighted by Crippen LogP contribution is -2.49. The van der Waals surface area contributed by atoms with Crippen LogP contribution in [0.25, 0.3) is 0 Å². The van der Waals surface area contributed by atoms with Gasteiger partial charge in [0.15, 0.2) is 0 Å². The fraction of sp³-hybridized carbons (Fsp3) is 0.583. The van der Waals surface area contributed by atoms with E-state index in [9.17, 15) is 0 Å². The number of aromatic nitrogens is 1. The monoisotopic (exact) mass is 223 g/mol. The van der Waals surface area contributed by atoms with Crippen molar-refractivity contribution in [2.45, 2.75) is 26.2 Å². The van der Waals surface area contributed by atoms with Crippen LogP contribution >= 0.6 is 0 Å². The molecule has 1 heterocycles. The summed E-state index contributed by atoms with van der Waals surface area (Å²) in [6.07, 6.45) is 3.17. The Bertz CT molecular complexity index is 301. The van der Waals surface area contributed by atoms with Crippen LogP contribution in [0.5, 0.6) is 0 Å². The van der Waals surface area contributed by atoms with Crippen LogP contribution in [0.15, 0.2) is 24.4 Å². The molecule has 0 aliphatic rings. The zero-order chi connectivity index (χ0) is 11.5. The van der Waals surface area contributed by atoms with Gasteiger partial charge in [-0.15, -0.1) is 0 Å². The molecule has 0 spiro atoms. The van der Waals surface area contributed by atoms with E-state index >= 15 is 0 Å². The van der Waals surface area contributed by atoms with E-state index < -0.39 is 8.07 Å². The molecule has 3 heteroatoms. The molecule has 0 aromatic carbocycles. The molecule has 2 nitrogen and oxygen atoms in total. The van der Waals surface area contributed by atoms with Crippen LogP contribution < -0.4 is 0 Å². The Labute approximate surface area is 94.6 Å². The van der Waals surface area contributed by atoms with Crippen molar-refractivity contribution in [1.82, 2.24) is 4.98 Å². The highest BCUT2D eigenvalue weighted by Crippen LogP contribution is 2.12. The first kappa shape index (κ1) is 12.4. The molecule has 0 aliphatic heterocycles. The van der Waals surface area contributed by atoms with Gasteiger partial charge in [-0.05, 0) is 12.1 Å². The van der Waals surface area contributed by atoms with E-state index in [-0.39, 0.29) is 0 Å². The highest BCUT2D eigenvalue weighted by atomic mass is 28.3. The Morgan fingerprint density at radius 3 is 2.33 bits per heavy atom. The van der Waals surface area contributed by atoms with Crippen LogP contribution in [-0.4, -0.2) is 37.8 Å². The molecule has 0 saturated carbocycles. The molecule has 0 amide bonds. The average molecular weight is 223 g/mol. The maximum atomic E-state index is 4.39. The van der Waals surface area contributed by atoms with Crippen LogP contribution in [0.2, 0.25) is 19.6 Å². The average Bonchev–Trinajstić information content (AvgIpc) is 1.99. The van der Waals surface area contributed by atoms with Gasteiger partial charge in [0, 0.05) is 6.20 Å². The summed E-state index contributed by atoms with van der Waals surface area (Å²) in [5, 5.41) is 0. The number of pyridine rings is 1. The number of hydrogen-bond donors (Lipinski definition) is 0. The third-order valence-electron chi connectivity index (χ3n) is 2.22. The number of nitrogens with zero attached hydrogens (tertiary/aromatic N) is 2. The number of rotatable bonds is 4. The van der Waals surface area contributed by atoms with Crippen molar-refractivity contribution in [1.29, 1.82) is 0 Å². The van der Waals surface area contributed by atoms with E-state index in [1.54, 1.807) is 0 Å². The Kier molecular flexibility index (Phi) is 3.68. The van der Waals surface area contributed by atoms with E-state index in [4.69, 9.17) is 0 Å². The summed E-state index contributed by atoms with van der Waals surface area (Å²) in [5.74, 6) is 0. The summed E-state index contributed by atoms with van der Waals surface area (Å²) in [6.45, 7) is 8.30. The zero-order valence-electron chi connectivity index (χ0n) is 10.6. The lowest BCUT2D eigenvalue weighted by molar-refractivity contribution is -0.894. The van der Waals surface area contributed by atoms with Crippen LogP contribution in [0.4, 0.5) is 0 Å². The molecule has 0 unspecified atom stereocenters. The molecule has 0 bridgehead atoms. The Balaban J connectivity index is 2.65. The van der Waals surface area contributed by atoms with Gasteiger partial charge < -0.3 is 4.48 Å². The van der Waals surface area contributed by atoms with Gasteiger partial charge in [0.25, 0.3) is 0 Å². The van der Waals surface area contributed by atoms with Gasteiger partial charge in [-0.3, -0.25) is 4.98 Å². The van der Waals surface area contributed by atoms with E-state index in [0.717, 1.165) is 11.0 Å². The van der Waals surface area contributed by atoms with Crippen molar-refractivity contribution in [3.8, 4) is 0 Å². The van der Waals surface area contributed by atoms with Crippen molar-refractivity contribution < 1.29 is 4.48 Å². The maximum Gasteiger partial charge on any atom is 0.121 e. The van der Waals surface area contributed by atoms with Gasteiger partial charge >= 0.3 is 0 Å². The van der Waals surface area contributed by atoms with E-state index in [2.05, 4.69) is 50.9 Å². The second-order valence-corrected chi connectivity index (χ2v) is 11.6. The first-order valence-corrected chi connectivity index (χ1v) is 9.21. The van der Waals surface area contributed by atoms with E-state index in [1.807, 2.05) is 12.3 Å². The highest BCUT2D eigenvalue weighted by Gasteiger charge is 2.26. The van der Waals surface area contributed by atoms with Crippen molar-refractivity contribution in [3.63, 3.8) is 0 Å². The summed E-state index contributed by atoms with van der Waals surface area (Å²) >= 11 is 0. The van der Waals surface area contributed by atoms with Gasteiger partial charge in [-0.1, -0.05) is 25.7 Å². The quantitative estimate of drug-likeness (QED) is 0.565. The summed E-state index contributed by atoms with van der Waals surface area (Å²) in [7, 11) is 3.60. The van der Waals surface area contributed by atoms with Crippen molar-refractivity contribution >= 4 is 8.07 Å². The molecule has 15 heavy (non-hydrogen) atoms. The standard InChI is InChI=1S/C12H23N2Si/c1-14(2,11-15(3,4)5)10-12-8-6-7-9-13-12/h6-9H,10-11H2,1-5H3/q+1. The van der Waals surface area contributed by atoms with Crippen molar-refractivity contribution in [2.24, 2.45) is 0 Å². The summed E-state index contributed by atoms with van der Waals surface area (Å²) in [5.41, 5.74) is 1.20. The van der Waals surface area contributed by atoms with Gasteiger partial charge in [-0.2, -0.15) is 0 Å². The molecule has 0 radical (unpaired) electrons. The Hall–Kier alpha value is -0.673. The first-order chi connectivity index (χ1) is 6.79. The summed E-state index contributed by atoms with van der Waals surface area (Å²) in [4.78, 5) is 4.39. The zero-order valence-corrected chi connectivity index (χ0v) is 11.6. The molecule has 84 valence electrons. The van der Waals surface area contributed by atoms with Gasteiger partial charge in [0.05, 0.1) is 26.0 Å². The fourth-order valence-electron chi connectivity index (χ4n) is 2.27. The van der Waals surface area contributed by atoms with E-state index in [0.29, 0.717) is 0 Å². The number of hydrogen-bond acceptors (Lipinski definition) is 1. The maximum absolute atomic E-state index is 4.39. The third kappa shape index (κ3) is 5.09. The molecule has 0 saturated heterocycles. The van der Waals surface area contributed by atoms with Gasteiger partial charge in [0.1, 0.15) is 14.6 Å². The summed E-state index contributed by atoms with van der Waals surface area (Å²) < 4.78 is 1.05. The SMILES string of the molecule is C[N+](C)(Cc1ccccn1)C[Si](C)(C)C. The van der Waals surface area contributed by atoms with Gasteiger partial charge in [-0.25, -0.2) is 0 Å². The summed E-state index contributed by atoms with van der Waals surface area (Å²) in [6, 6.07) is 6.16. The van der Waals surface area contributed by atoms with Crippen molar-refractivity contribution in [2.75, 3.05) is 20.3 Å². The minimum Gasteiger partial charge on any atom is -0.327 e. The minimum atomic E-state index is -1.00. The molecule has 0 N–H and O–H groups in total. The van der Waals surface area contributed by atoms with Crippen LogP contribution in [0, 0.1) is 0 Å². The molecule has 0 aliphatic carbocycles. The lowest BCUT2D eigenvalue weighted by atomic mass is 10.3. The predicted octanol–water partition coefficient (Wildman–Crippen LogP) is 2.54.